The van der Waals surface area contributed by atoms with Gasteiger partial charge in [-0.25, -0.2) is 0 Å². The topological polar surface area (TPSA) is 68.0 Å². The number of alkyl halides is 2. The van der Waals surface area contributed by atoms with Crippen LogP contribution in [0.5, 0.6) is 0 Å². The van der Waals surface area contributed by atoms with Gasteiger partial charge in [0.25, 0.3) is 11.7 Å². The largest absolute Gasteiger partial charge is 0.397 e. The van der Waals surface area contributed by atoms with E-state index < -0.39 is 11.7 Å². The Hall–Kier alpha value is -2.15. The van der Waals surface area contributed by atoms with Crippen molar-refractivity contribution >= 4 is 29.0 Å². The molecule has 4 nitrogen and oxygen atoms in total. The van der Waals surface area contributed by atoms with E-state index in [4.69, 9.17) is 5.73 Å². The molecule has 0 aliphatic heterocycles. The van der Waals surface area contributed by atoms with Crippen molar-refractivity contribution in [1.29, 1.82) is 0 Å². The van der Waals surface area contributed by atoms with Crippen LogP contribution in [0, 0.1) is 0 Å². The van der Waals surface area contributed by atoms with Gasteiger partial charge in [0.05, 0.1) is 23.1 Å². The van der Waals surface area contributed by atoms with E-state index in [-0.39, 0.29) is 11.3 Å². The minimum atomic E-state index is -2.56. The molecule has 104 valence electrons. The molecule has 0 radical (unpaired) electrons. The Morgan fingerprint density at radius 2 is 2.05 bits per heavy atom. The summed E-state index contributed by atoms with van der Waals surface area (Å²) < 4.78 is 24.9. The van der Waals surface area contributed by atoms with Crippen LogP contribution < -0.4 is 11.1 Å². The lowest BCUT2D eigenvalue weighted by Crippen LogP contribution is -2.14. The number of halogens is 2. The number of nitrogen functional groups attached to an aromatic ring is 1. The van der Waals surface area contributed by atoms with Crippen molar-refractivity contribution in [3.63, 3.8) is 0 Å². The van der Waals surface area contributed by atoms with Crippen LogP contribution in [-0.2, 0) is 0 Å². The third-order valence-corrected chi connectivity index (χ3v) is 3.24. The molecule has 0 aliphatic rings. The van der Waals surface area contributed by atoms with Crippen LogP contribution in [0.25, 0.3) is 0 Å². The summed E-state index contributed by atoms with van der Waals surface area (Å²) in [7, 11) is 0. The summed E-state index contributed by atoms with van der Waals surface area (Å²) in [4.78, 5) is 16.1. The number of hydrogen-bond donors (Lipinski definition) is 2. The van der Waals surface area contributed by atoms with Crippen LogP contribution >= 0.6 is 11.8 Å². The number of anilines is 2. The fraction of sp³-hybridized carbons (Fsp3) is 0.0769. The Morgan fingerprint density at radius 3 is 2.75 bits per heavy atom. The summed E-state index contributed by atoms with van der Waals surface area (Å²) in [6, 6.07) is 7.82. The Kier molecular flexibility index (Phi) is 4.52. The number of nitrogens with two attached hydrogens (primary N) is 1. The minimum absolute atomic E-state index is 0.226. The molecule has 2 rings (SSSR count). The third kappa shape index (κ3) is 3.45. The molecule has 0 bridgehead atoms. The molecule has 20 heavy (non-hydrogen) atoms. The first-order valence-electron chi connectivity index (χ1n) is 5.62. The summed E-state index contributed by atoms with van der Waals surface area (Å²) in [6.07, 6.45) is 2.79. The highest BCUT2D eigenvalue weighted by Crippen LogP contribution is 2.31. The van der Waals surface area contributed by atoms with Crippen molar-refractivity contribution in [2.24, 2.45) is 0 Å². The van der Waals surface area contributed by atoms with E-state index in [1.54, 1.807) is 18.2 Å². The lowest BCUT2D eigenvalue weighted by Gasteiger charge is -2.11. The van der Waals surface area contributed by atoms with Gasteiger partial charge in [0.15, 0.2) is 0 Å². The van der Waals surface area contributed by atoms with E-state index in [2.05, 4.69) is 10.3 Å². The number of benzene rings is 1. The maximum absolute atomic E-state index is 12.4. The number of amides is 1. The monoisotopic (exact) mass is 295 g/mol. The highest BCUT2D eigenvalue weighted by atomic mass is 32.2. The summed E-state index contributed by atoms with van der Waals surface area (Å²) in [6.45, 7) is 0. The van der Waals surface area contributed by atoms with Crippen LogP contribution in [0.2, 0.25) is 0 Å². The van der Waals surface area contributed by atoms with Crippen LogP contribution in [0.4, 0.5) is 20.2 Å². The van der Waals surface area contributed by atoms with Crippen LogP contribution in [0.15, 0.2) is 47.6 Å². The Morgan fingerprint density at radius 1 is 1.30 bits per heavy atom. The van der Waals surface area contributed by atoms with E-state index in [1.807, 2.05) is 0 Å². The van der Waals surface area contributed by atoms with Gasteiger partial charge in [-0.3, -0.25) is 9.78 Å². The summed E-state index contributed by atoms with van der Waals surface area (Å²) >= 11 is 0.375. The number of nitrogens with one attached hydrogen (secondary N) is 1. The first-order chi connectivity index (χ1) is 9.58. The Bertz CT molecular complexity index is 622. The second-order valence-electron chi connectivity index (χ2n) is 3.79. The maximum atomic E-state index is 12.4. The Balaban J connectivity index is 2.22. The van der Waals surface area contributed by atoms with Gasteiger partial charge < -0.3 is 11.1 Å². The first-order valence-corrected chi connectivity index (χ1v) is 6.50. The molecule has 0 atom stereocenters. The quantitative estimate of drug-likeness (QED) is 0.850. The highest BCUT2D eigenvalue weighted by molar-refractivity contribution is 7.99. The van der Waals surface area contributed by atoms with E-state index in [9.17, 15) is 13.6 Å². The van der Waals surface area contributed by atoms with E-state index in [0.29, 0.717) is 22.3 Å². The predicted molar refractivity (Wildman–Crippen MR) is 74.9 cm³/mol. The molecule has 0 unspecified atom stereocenters. The van der Waals surface area contributed by atoms with Gasteiger partial charge >= 0.3 is 0 Å². The third-order valence-electron chi connectivity index (χ3n) is 2.45. The number of thioether (sulfide) groups is 1. The molecule has 3 N–H and O–H groups in total. The molecule has 0 saturated carbocycles. The van der Waals surface area contributed by atoms with Crippen molar-refractivity contribution < 1.29 is 13.6 Å². The predicted octanol–water partition coefficient (Wildman–Crippen LogP) is 3.23. The van der Waals surface area contributed by atoms with E-state index in [0.717, 1.165) is 0 Å². The van der Waals surface area contributed by atoms with Crippen LogP contribution in [0.3, 0.4) is 0 Å². The molecule has 7 heteroatoms. The fourth-order valence-electron chi connectivity index (χ4n) is 1.57. The van der Waals surface area contributed by atoms with Crippen molar-refractivity contribution in [3.05, 3.63) is 48.3 Å². The fourth-order valence-corrected chi connectivity index (χ4v) is 2.17. The average molecular weight is 295 g/mol. The molecule has 1 aromatic carbocycles. The summed E-state index contributed by atoms with van der Waals surface area (Å²) in [5, 5.41) is 2.57. The molecule has 1 heterocycles. The van der Waals surface area contributed by atoms with Crippen molar-refractivity contribution in [2.45, 2.75) is 10.7 Å². The summed E-state index contributed by atoms with van der Waals surface area (Å²) in [5.74, 6) is -3.02. The van der Waals surface area contributed by atoms with E-state index in [1.165, 1.54) is 24.5 Å². The van der Waals surface area contributed by atoms with Crippen molar-refractivity contribution in [3.8, 4) is 0 Å². The number of para-hydroxylation sites is 1. The number of carbonyl (C=O) groups excluding carboxylic acids is 1. The first kappa shape index (κ1) is 14.3. The number of hydrogen-bond acceptors (Lipinski definition) is 4. The smallest absolute Gasteiger partial charge is 0.288 e. The second kappa shape index (κ2) is 6.33. The number of nitrogens with zero attached hydrogens (tertiary/aromatic N) is 1. The summed E-state index contributed by atoms with van der Waals surface area (Å²) in [5.41, 5.74) is 6.44. The number of pyridine rings is 1. The minimum Gasteiger partial charge on any atom is -0.397 e. The van der Waals surface area contributed by atoms with Crippen molar-refractivity contribution in [1.82, 2.24) is 4.98 Å². The zero-order chi connectivity index (χ0) is 14.5. The normalized spacial score (nSPS) is 10.6. The van der Waals surface area contributed by atoms with Gasteiger partial charge in [0.2, 0.25) is 0 Å². The molecule has 0 saturated heterocycles. The molecular formula is C13H11F2N3OS. The number of rotatable bonds is 4. The molecule has 1 aromatic heterocycles. The highest BCUT2D eigenvalue weighted by Gasteiger charge is 2.14. The van der Waals surface area contributed by atoms with Gasteiger partial charge in [-0.15, -0.1) is 0 Å². The van der Waals surface area contributed by atoms with Gasteiger partial charge in [-0.05, 0) is 18.2 Å². The second-order valence-corrected chi connectivity index (χ2v) is 4.82. The standard InChI is InChI=1S/C13H11F2N3OS/c14-13(15)20-11-4-2-1-3-10(11)18-12(19)8-5-6-17-7-9(8)16/h1-7,13H,16H2,(H,18,19). The van der Waals surface area contributed by atoms with Gasteiger partial charge in [-0.2, -0.15) is 8.78 Å². The zero-order valence-electron chi connectivity index (χ0n) is 10.2. The van der Waals surface area contributed by atoms with Crippen LogP contribution in [-0.4, -0.2) is 16.6 Å². The lowest BCUT2D eigenvalue weighted by molar-refractivity contribution is 0.102. The molecule has 2 aromatic rings. The number of aromatic nitrogens is 1. The molecule has 0 fully saturated rings. The molecule has 1 amide bonds. The number of carbonyl (C=O) groups is 1. The van der Waals surface area contributed by atoms with Crippen molar-refractivity contribution in [2.75, 3.05) is 11.1 Å². The molecule has 0 aliphatic carbocycles. The lowest BCUT2D eigenvalue weighted by atomic mass is 10.2. The average Bonchev–Trinajstić information content (AvgIpc) is 2.41. The molecule has 0 spiro atoms. The Labute approximate surface area is 118 Å². The maximum Gasteiger partial charge on any atom is 0.288 e. The van der Waals surface area contributed by atoms with E-state index >= 15 is 0 Å². The zero-order valence-corrected chi connectivity index (χ0v) is 11.0. The van der Waals surface area contributed by atoms with Gasteiger partial charge in [-0.1, -0.05) is 23.9 Å². The SMILES string of the molecule is Nc1cnccc1C(=O)Nc1ccccc1SC(F)F. The molecular weight excluding hydrogens is 284 g/mol. The van der Waals surface area contributed by atoms with Gasteiger partial charge in [0.1, 0.15) is 0 Å². The van der Waals surface area contributed by atoms with Gasteiger partial charge in [0, 0.05) is 11.1 Å². The van der Waals surface area contributed by atoms with Crippen LogP contribution in [0.1, 0.15) is 10.4 Å².